The lowest BCUT2D eigenvalue weighted by Crippen LogP contribution is -2.45. The number of aromatic amines is 1. The number of ether oxygens (including phenoxy) is 1. The Morgan fingerprint density at radius 1 is 1.36 bits per heavy atom. The molecule has 0 aromatic carbocycles. The first-order valence-corrected chi connectivity index (χ1v) is 10.5. The van der Waals surface area contributed by atoms with Gasteiger partial charge in [0.1, 0.15) is 11.4 Å². The van der Waals surface area contributed by atoms with Gasteiger partial charge in [-0.05, 0) is 12.8 Å². The van der Waals surface area contributed by atoms with Crippen molar-refractivity contribution >= 4 is 11.8 Å². The molecule has 1 aromatic rings. The molecule has 1 aliphatic carbocycles. The van der Waals surface area contributed by atoms with Gasteiger partial charge in [0.2, 0.25) is 11.8 Å². The molecule has 3 fully saturated rings. The molecule has 150 valence electrons. The number of fused-ring (bicyclic) bond motifs is 1. The highest BCUT2D eigenvalue weighted by molar-refractivity contribution is 5.93. The Morgan fingerprint density at radius 3 is 2.86 bits per heavy atom. The quantitative estimate of drug-likeness (QED) is 0.635. The van der Waals surface area contributed by atoms with Gasteiger partial charge in [-0.3, -0.25) is 9.59 Å². The maximum Gasteiger partial charge on any atom is 0.230 e. The first-order valence-electron chi connectivity index (χ1n) is 10.5. The first kappa shape index (κ1) is 17.9. The largest absolute Gasteiger partial charge is 0.360 e. The Kier molecular flexibility index (Phi) is 4.30. The number of nitrogens with one attached hydrogen (secondary N) is 1. The van der Waals surface area contributed by atoms with Crippen LogP contribution in [0.4, 0.5) is 0 Å². The molecule has 1 saturated carbocycles. The average Bonchev–Trinajstić information content (AvgIpc) is 3.41. The molecule has 2 saturated heterocycles. The number of carbonyl (C=O) groups excluding carboxylic acids is 2. The van der Waals surface area contributed by atoms with Gasteiger partial charge in [0.15, 0.2) is 0 Å². The van der Waals surface area contributed by atoms with Gasteiger partial charge in [0.25, 0.3) is 0 Å². The molecule has 3 aliphatic heterocycles. The molecule has 4 aliphatic rings. The monoisotopic (exact) mass is 384 g/mol. The lowest BCUT2D eigenvalue weighted by molar-refractivity contribution is -0.143. The first-order chi connectivity index (χ1) is 13.6. The van der Waals surface area contributed by atoms with E-state index in [9.17, 15) is 9.59 Å². The van der Waals surface area contributed by atoms with Crippen LogP contribution in [0, 0.1) is 11.8 Å². The van der Waals surface area contributed by atoms with E-state index in [0.717, 1.165) is 18.7 Å². The molecular weight excluding hydrogens is 356 g/mol. The molecule has 5 rings (SSSR count). The molecule has 2 amide bonds. The van der Waals surface area contributed by atoms with Crippen molar-refractivity contribution in [3.63, 3.8) is 0 Å². The van der Waals surface area contributed by atoms with Crippen LogP contribution in [0.15, 0.2) is 24.5 Å². The van der Waals surface area contributed by atoms with E-state index in [1.165, 1.54) is 25.7 Å². The van der Waals surface area contributed by atoms with Crippen molar-refractivity contribution in [2.75, 3.05) is 13.6 Å². The Balaban J connectivity index is 1.37. The van der Waals surface area contributed by atoms with Gasteiger partial charge in [-0.2, -0.15) is 0 Å². The average molecular weight is 384 g/mol. The molecule has 1 aromatic heterocycles. The fourth-order valence-electron chi connectivity index (χ4n) is 5.63. The highest BCUT2D eigenvalue weighted by Crippen LogP contribution is 2.53. The van der Waals surface area contributed by atoms with Crippen molar-refractivity contribution in [3.8, 4) is 0 Å². The van der Waals surface area contributed by atoms with Gasteiger partial charge < -0.3 is 19.5 Å². The minimum Gasteiger partial charge on any atom is -0.360 e. The number of hydrogen-bond acceptors (Lipinski definition) is 4. The summed E-state index contributed by atoms with van der Waals surface area (Å²) in [6.07, 6.45) is 14.2. The summed E-state index contributed by atoms with van der Waals surface area (Å²) >= 11 is 0. The van der Waals surface area contributed by atoms with Crippen LogP contribution in [0.25, 0.3) is 0 Å². The Morgan fingerprint density at radius 2 is 2.14 bits per heavy atom. The number of nitrogens with zero attached hydrogens (tertiary/aromatic N) is 3. The number of H-pyrrole nitrogens is 1. The smallest absolute Gasteiger partial charge is 0.230 e. The van der Waals surface area contributed by atoms with Crippen molar-refractivity contribution in [3.05, 3.63) is 30.4 Å². The summed E-state index contributed by atoms with van der Waals surface area (Å²) in [7, 11) is 1.77. The van der Waals surface area contributed by atoms with E-state index < -0.39 is 17.4 Å². The standard InChI is InChI=1S/C21H28N4O3/c1-24(12-16-22-10-11-23-16)19(26)17-15-8-9-21(28-15)13-25(20(27)18(17)21)14-6-4-2-3-5-7-14/h8-11,14-15,17-18H,2-7,12-13H2,1H3,(H,22,23)/t15-,17-,18-,21-/m0/s1. The summed E-state index contributed by atoms with van der Waals surface area (Å²) < 4.78 is 6.28. The summed E-state index contributed by atoms with van der Waals surface area (Å²) in [6, 6.07) is 0.294. The van der Waals surface area contributed by atoms with Crippen LogP contribution in [-0.2, 0) is 20.9 Å². The number of carbonyl (C=O) groups is 2. The van der Waals surface area contributed by atoms with Crippen LogP contribution in [0.5, 0.6) is 0 Å². The number of aromatic nitrogens is 2. The Labute approximate surface area is 165 Å². The van der Waals surface area contributed by atoms with E-state index in [2.05, 4.69) is 9.97 Å². The summed E-state index contributed by atoms with van der Waals surface area (Å²) in [6.45, 7) is 0.999. The summed E-state index contributed by atoms with van der Waals surface area (Å²) in [5.74, 6) is -0.00857. The topological polar surface area (TPSA) is 78.5 Å². The van der Waals surface area contributed by atoms with E-state index in [1.54, 1.807) is 24.3 Å². The van der Waals surface area contributed by atoms with E-state index in [0.29, 0.717) is 19.1 Å². The van der Waals surface area contributed by atoms with Crippen molar-refractivity contribution in [1.82, 2.24) is 19.8 Å². The van der Waals surface area contributed by atoms with Gasteiger partial charge in [-0.1, -0.05) is 37.8 Å². The highest BCUT2D eigenvalue weighted by atomic mass is 16.5. The Bertz CT molecular complexity index is 784. The molecule has 4 atom stereocenters. The van der Waals surface area contributed by atoms with Crippen molar-refractivity contribution in [2.24, 2.45) is 11.8 Å². The minimum absolute atomic E-state index is 0.0336. The van der Waals surface area contributed by atoms with E-state index >= 15 is 0 Å². The SMILES string of the molecule is CN(Cc1ncc[nH]1)C(=O)[C@H]1[C@@H]2C=C[C@@]3(CN(C4CCCCCC4)C(=O)[C@H]13)O2. The summed E-state index contributed by atoms with van der Waals surface area (Å²) in [5, 5.41) is 0. The van der Waals surface area contributed by atoms with E-state index in [4.69, 9.17) is 4.74 Å². The molecule has 7 nitrogen and oxygen atoms in total. The van der Waals surface area contributed by atoms with E-state index in [1.807, 2.05) is 17.1 Å². The lowest BCUT2D eigenvalue weighted by Gasteiger charge is -2.30. The van der Waals surface area contributed by atoms with Crippen molar-refractivity contribution in [1.29, 1.82) is 0 Å². The van der Waals surface area contributed by atoms with Crippen LogP contribution >= 0.6 is 0 Å². The third-order valence-electron chi connectivity index (χ3n) is 7.00. The van der Waals surface area contributed by atoms with Crippen LogP contribution < -0.4 is 0 Å². The second-order valence-electron chi connectivity index (χ2n) is 8.74. The predicted octanol–water partition coefficient (Wildman–Crippen LogP) is 1.87. The van der Waals surface area contributed by atoms with Gasteiger partial charge in [-0.25, -0.2) is 4.98 Å². The van der Waals surface area contributed by atoms with Gasteiger partial charge in [-0.15, -0.1) is 0 Å². The molecule has 0 unspecified atom stereocenters. The van der Waals surface area contributed by atoms with E-state index in [-0.39, 0.29) is 17.9 Å². The number of imidazole rings is 1. The molecule has 7 heteroatoms. The zero-order valence-corrected chi connectivity index (χ0v) is 16.3. The number of likely N-dealkylation sites (tertiary alicyclic amines) is 1. The molecule has 4 heterocycles. The number of amides is 2. The van der Waals surface area contributed by atoms with Gasteiger partial charge in [0, 0.05) is 25.5 Å². The van der Waals surface area contributed by atoms with Crippen LogP contribution in [0.1, 0.15) is 44.3 Å². The third kappa shape index (κ3) is 2.70. The zero-order valence-electron chi connectivity index (χ0n) is 16.3. The predicted molar refractivity (Wildman–Crippen MR) is 102 cm³/mol. The normalized spacial score (nSPS) is 34.7. The summed E-state index contributed by atoms with van der Waals surface area (Å²) in [5.41, 5.74) is -0.611. The van der Waals surface area contributed by atoms with Gasteiger partial charge >= 0.3 is 0 Å². The molecule has 1 spiro atoms. The highest BCUT2D eigenvalue weighted by Gasteiger charge is 2.67. The number of rotatable bonds is 4. The fraction of sp³-hybridized carbons (Fsp3) is 0.667. The third-order valence-corrected chi connectivity index (χ3v) is 7.00. The summed E-state index contributed by atoms with van der Waals surface area (Å²) in [4.78, 5) is 37.7. The van der Waals surface area contributed by atoms with Crippen LogP contribution in [0.2, 0.25) is 0 Å². The maximum absolute atomic E-state index is 13.5. The minimum atomic E-state index is -0.611. The molecular formula is C21H28N4O3. The molecule has 0 radical (unpaired) electrons. The molecule has 28 heavy (non-hydrogen) atoms. The van der Waals surface area contributed by atoms with Crippen molar-refractivity contribution < 1.29 is 14.3 Å². The maximum atomic E-state index is 13.5. The lowest BCUT2D eigenvalue weighted by atomic mass is 9.76. The van der Waals surface area contributed by atoms with Gasteiger partial charge in [0.05, 0.1) is 31.0 Å². The van der Waals surface area contributed by atoms with Crippen molar-refractivity contribution in [2.45, 2.75) is 62.8 Å². The number of hydrogen-bond donors (Lipinski definition) is 1. The second-order valence-corrected chi connectivity index (χ2v) is 8.74. The molecule has 1 N–H and O–H groups in total. The fourth-order valence-corrected chi connectivity index (χ4v) is 5.63. The van der Waals surface area contributed by atoms with Crippen LogP contribution in [0.3, 0.4) is 0 Å². The zero-order chi connectivity index (χ0) is 19.3. The second kappa shape index (κ2) is 6.72. The Hall–Kier alpha value is -2.15. The molecule has 2 bridgehead atoms. The van der Waals surface area contributed by atoms with Crippen LogP contribution in [-0.4, -0.2) is 62.9 Å².